The standard InChI is InChI=1S/C14H10BrClN2OS/c1-7-3-4-11(10(15)5-7)19-12-9-6-8(2)20-13(9)18-14(16)17-12/h3-6H,1-2H3. The van der Waals surface area contributed by atoms with E-state index in [0.29, 0.717) is 11.6 Å². The van der Waals surface area contributed by atoms with Gasteiger partial charge >= 0.3 is 0 Å². The molecule has 0 fully saturated rings. The lowest BCUT2D eigenvalue weighted by Crippen LogP contribution is -1.92. The van der Waals surface area contributed by atoms with Crippen LogP contribution in [-0.4, -0.2) is 9.97 Å². The maximum absolute atomic E-state index is 5.96. The van der Waals surface area contributed by atoms with Crippen molar-refractivity contribution < 1.29 is 4.74 Å². The lowest BCUT2D eigenvalue weighted by molar-refractivity contribution is 0.465. The van der Waals surface area contributed by atoms with Crippen LogP contribution >= 0.6 is 38.9 Å². The topological polar surface area (TPSA) is 35.0 Å². The van der Waals surface area contributed by atoms with E-state index in [-0.39, 0.29) is 5.28 Å². The van der Waals surface area contributed by atoms with E-state index < -0.39 is 0 Å². The van der Waals surface area contributed by atoms with Gasteiger partial charge in [0.25, 0.3) is 0 Å². The first-order chi connectivity index (χ1) is 9.52. The first kappa shape index (κ1) is 13.8. The second-order valence-corrected chi connectivity index (χ2v) is 6.84. The fourth-order valence-corrected chi connectivity index (χ4v) is 3.52. The third-order valence-electron chi connectivity index (χ3n) is 2.75. The largest absolute Gasteiger partial charge is 0.437 e. The molecule has 0 radical (unpaired) electrons. The van der Waals surface area contributed by atoms with E-state index >= 15 is 0 Å². The zero-order chi connectivity index (χ0) is 14.3. The minimum absolute atomic E-state index is 0.192. The SMILES string of the molecule is Cc1ccc(Oc2nc(Cl)nc3sc(C)cc23)c(Br)c1. The molecule has 0 bridgehead atoms. The second-order valence-electron chi connectivity index (χ2n) is 4.41. The van der Waals surface area contributed by atoms with Crippen LogP contribution in [0.3, 0.4) is 0 Å². The highest BCUT2D eigenvalue weighted by atomic mass is 79.9. The van der Waals surface area contributed by atoms with E-state index in [1.54, 1.807) is 11.3 Å². The maximum atomic E-state index is 5.96. The lowest BCUT2D eigenvalue weighted by Gasteiger charge is -2.08. The Hall–Kier alpha value is -1.17. The molecule has 0 saturated heterocycles. The number of benzene rings is 1. The molecule has 6 heteroatoms. The first-order valence-corrected chi connectivity index (χ1v) is 7.89. The van der Waals surface area contributed by atoms with Crippen molar-refractivity contribution in [3.8, 4) is 11.6 Å². The summed E-state index contributed by atoms with van der Waals surface area (Å²) in [5.41, 5.74) is 1.15. The van der Waals surface area contributed by atoms with Crippen molar-refractivity contribution in [2.24, 2.45) is 0 Å². The zero-order valence-corrected chi connectivity index (χ0v) is 13.9. The monoisotopic (exact) mass is 368 g/mol. The van der Waals surface area contributed by atoms with Gasteiger partial charge in [0.2, 0.25) is 11.2 Å². The van der Waals surface area contributed by atoms with E-state index in [1.807, 2.05) is 38.1 Å². The molecule has 0 spiro atoms. The summed E-state index contributed by atoms with van der Waals surface area (Å²) in [6.45, 7) is 4.04. The number of fused-ring (bicyclic) bond motifs is 1. The predicted molar refractivity (Wildman–Crippen MR) is 86.1 cm³/mol. The fraction of sp³-hybridized carbons (Fsp3) is 0.143. The molecule has 0 saturated carbocycles. The van der Waals surface area contributed by atoms with Crippen LogP contribution in [0.25, 0.3) is 10.2 Å². The average Bonchev–Trinajstić information content (AvgIpc) is 2.73. The molecule has 3 nitrogen and oxygen atoms in total. The fourth-order valence-electron chi connectivity index (χ4n) is 1.86. The molecule has 0 N–H and O–H groups in total. The smallest absolute Gasteiger partial charge is 0.232 e. The van der Waals surface area contributed by atoms with E-state index in [2.05, 4.69) is 25.9 Å². The highest BCUT2D eigenvalue weighted by Gasteiger charge is 2.13. The molecule has 0 atom stereocenters. The number of nitrogens with zero attached hydrogens (tertiary/aromatic N) is 2. The van der Waals surface area contributed by atoms with Gasteiger partial charge in [0.05, 0.1) is 9.86 Å². The van der Waals surface area contributed by atoms with Crippen LogP contribution in [0.1, 0.15) is 10.4 Å². The zero-order valence-electron chi connectivity index (χ0n) is 10.8. The number of ether oxygens (including phenoxy) is 1. The Bertz CT molecular complexity index is 803. The average molecular weight is 370 g/mol. The van der Waals surface area contributed by atoms with E-state index in [1.165, 1.54) is 0 Å². The molecular formula is C14H10BrClN2OS. The molecular weight excluding hydrogens is 360 g/mol. The molecule has 0 aliphatic rings. The molecule has 0 aliphatic heterocycles. The molecule has 2 aromatic heterocycles. The van der Waals surface area contributed by atoms with E-state index in [0.717, 1.165) is 25.1 Å². The van der Waals surface area contributed by atoms with Gasteiger partial charge in [-0.05, 0) is 65.1 Å². The minimum atomic E-state index is 0.192. The lowest BCUT2D eigenvalue weighted by atomic mass is 10.2. The number of thiophene rings is 1. The summed E-state index contributed by atoms with van der Waals surface area (Å²) in [6, 6.07) is 7.89. The molecule has 3 rings (SSSR count). The van der Waals surface area contributed by atoms with Crippen LogP contribution in [0.4, 0.5) is 0 Å². The number of hydrogen-bond acceptors (Lipinski definition) is 4. The number of rotatable bonds is 2. The van der Waals surface area contributed by atoms with E-state index in [4.69, 9.17) is 16.3 Å². The van der Waals surface area contributed by atoms with Crippen molar-refractivity contribution in [3.05, 3.63) is 44.5 Å². The Kier molecular flexibility index (Phi) is 3.67. The summed E-state index contributed by atoms with van der Waals surface area (Å²) in [4.78, 5) is 10.4. The van der Waals surface area contributed by atoms with Gasteiger partial charge in [-0.1, -0.05) is 6.07 Å². The van der Waals surface area contributed by atoms with Crippen molar-refractivity contribution in [1.29, 1.82) is 0 Å². The Balaban J connectivity index is 2.10. The van der Waals surface area contributed by atoms with Gasteiger partial charge in [-0.25, -0.2) is 4.98 Å². The summed E-state index contributed by atoms with van der Waals surface area (Å²) in [7, 11) is 0. The van der Waals surface area contributed by atoms with Gasteiger partial charge in [0.1, 0.15) is 10.6 Å². The Morgan fingerprint density at radius 1 is 1.20 bits per heavy atom. The summed E-state index contributed by atoms with van der Waals surface area (Å²) >= 11 is 11.0. The van der Waals surface area contributed by atoms with Crippen LogP contribution in [-0.2, 0) is 0 Å². The highest BCUT2D eigenvalue weighted by molar-refractivity contribution is 9.10. The Labute approximate surface area is 133 Å². The Morgan fingerprint density at radius 2 is 2.00 bits per heavy atom. The van der Waals surface area contributed by atoms with Crippen molar-refractivity contribution in [1.82, 2.24) is 9.97 Å². The summed E-state index contributed by atoms with van der Waals surface area (Å²) in [6.07, 6.45) is 0. The molecule has 0 unspecified atom stereocenters. The molecule has 0 amide bonds. The third-order valence-corrected chi connectivity index (χ3v) is 4.48. The minimum Gasteiger partial charge on any atom is -0.437 e. The van der Waals surface area contributed by atoms with Gasteiger partial charge in [0.15, 0.2) is 0 Å². The summed E-state index contributed by atoms with van der Waals surface area (Å²) in [5, 5.41) is 1.07. The van der Waals surface area contributed by atoms with Gasteiger partial charge < -0.3 is 4.74 Å². The van der Waals surface area contributed by atoms with Crippen LogP contribution in [0.15, 0.2) is 28.7 Å². The first-order valence-electron chi connectivity index (χ1n) is 5.90. The summed E-state index contributed by atoms with van der Waals surface area (Å²) in [5.74, 6) is 1.18. The van der Waals surface area contributed by atoms with Gasteiger partial charge in [-0.2, -0.15) is 4.98 Å². The molecule has 102 valence electrons. The van der Waals surface area contributed by atoms with Gasteiger partial charge in [-0.3, -0.25) is 0 Å². The number of aromatic nitrogens is 2. The second kappa shape index (κ2) is 5.31. The third kappa shape index (κ3) is 2.66. The van der Waals surface area contributed by atoms with Gasteiger partial charge in [-0.15, -0.1) is 11.3 Å². The van der Waals surface area contributed by atoms with Crippen molar-refractivity contribution >= 4 is 49.1 Å². The van der Waals surface area contributed by atoms with E-state index in [9.17, 15) is 0 Å². The molecule has 2 heterocycles. The van der Waals surface area contributed by atoms with Crippen molar-refractivity contribution in [3.63, 3.8) is 0 Å². The molecule has 0 aliphatic carbocycles. The van der Waals surface area contributed by atoms with Crippen LogP contribution in [0, 0.1) is 13.8 Å². The predicted octanol–water partition coefficient (Wildman–Crippen LogP) is 5.52. The Morgan fingerprint density at radius 3 is 2.75 bits per heavy atom. The molecule has 20 heavy (non-hydrogen) atoms. The highest BCUT2D eigenvalue weighted by Crippen LogP contribution is 2.36. The number of hydrogen-bond donors (Lipinski definition) is 0. The van der Waals surface area contributed by atoms with Crippen LogP contribution < -0.4 is 4.74 Å². The molecule has 1 aromatic carbocycles. The maximum Gasteiger partial charge on any atom is 0.232 e. The summed E-state index contributed by atoms with van der Waals surface area (Å²) < 4.78 is 6.78. The van der Waals surface area contributed by atoms with Crippen LogP contribution in [0.2, 0.25) is 5.28 Å². The van der Waals surface area contributed by atoms with Gasteiger partial charge in [0, 0.05) is 4.88 Å². The van der Waals surface area contributed by atoms with Crippen molar-refractivity contribution in [2.45, 2.75) is 13.8 Å². The van der Waals surface area contributed by atoms with Crippen molar-refractivity contribution in [2.75, 3.05) is 0 Å². The normalized spacial score (nSPS) is 11.0. The van der Waals surface area contributed by atoms with Crippen LogP contribution in [0.5, 0.6) is 11.6 Å². The number of halogens is 2. The quantitative estimate of drug-likeness (QED) is 0.558. The molecule has 3 aromatic rings. The number of aryl methyl sites for hydroxylation is 2.